The van der Waals surface area contributed by atoms with Crippen LogP contribution in [0.3, 0.4) is 0 Å². The second-order valence-electron chi connectivity index (χ2n) is 3.48. The molecule has 0 atom stereocenters. The van der Waals surface area contributed by atoms with Gasteiger partial charge in [-0.25, -0.2) is 0 Å². The molecule has 0 fully saturated rings. The predicted octanol–water partition coefficient (Wildman–Crippen LogP) is -0.513. The molecule has 0 aliphatic heterocycles. The van der Waals surface area contributed by atoms with Gasteiger partial charge in [0.2, 0.25) is 0 Å². The van der Waals surface area contributed by atoms with Crippen LogP contribution in [0, 0.1) is 0 Å². The molecule has 0 unspecified atom stereocenters. The fourth-order valence-electron chi connectivity index (χ4n) is 1.19. The average molecular weight is 290 g/mol. The van der Waals surface area contributed by atoms with Crippen molar-refractivity contribution in [1.82, 2.24) is 20.2 Å². The first-order chi connectivity index (χ1) is 7.72. The van der Waals surface area contributed by atoms with Crippen molar-refractivity contribution in [3.8, 4) is 0 Å². The molecule has 2 N–H and O–H groups in total. The quantitative estimate of drug-likeness (QED) is 0.516. The zero-order valence-corrected chi connectivity index (χ0v) is 11.1. The molecule has 0 aliphatic carbocycles. The van der Waals surface area contributed by atoms with Crippen molar-refractivity contribution in [3.05, 3.63) is 0 Å². The van der Waals surface area contributed by atoms with E-state index in [2.05, 4.69) is 22.3 Å². The van der Waals surface area contributed by atoms with Crippen molar-refractivity contribution >= 4 is 25.6 Å². The van der Waals surface area contributed by atoms with Crippen molar-refractivity contribution in [2.45, 2.75) is 44.5 Å². The van der Waals surface area contributed by atoms with Gasteiger partial charge >= 0.3 is 101 Å². The summed E-state index contributed by atoms with van der Waals surface area (Å²) in [6, 6.07) is 0. The summed E-state index contributed by atoms with van der Waals surface area (Å²) in [6.45, 7) is 2.21. The summed E-state index contributed by atoms with van der Waals surface area (Å²) in [4.78, 5) is 11.9. The number of carbonyl (C=O) groups excluding carboxylic acids is 1. The number of tetrazole rings is 1. The van der Waals surface area contributed by atoms with Gasteiger partial charge in [-0.3, -0.25) is 0 Å². The van der Waals surface area contributed by atoms with E-state index in [1.165, 1.54) is 30.5 Å². The van der Waals surface area contributed by atoms with Gasteiger partial charge in [-0.05, 0) is 0 Å². The Labute approximate surface area is 101 Å². The summed E-state index contributed by atoms with van der Waals surface area (Å²) in [5.74, 6) is -0.445. The molecule has 6 nitrogen and oxygen atoms in total. The molecule has 1 amide bonds. The minimum atomic E-state index is -0.445. The molecule has 1 aromatic heterocycles. The first-order valence-electron chi connectivity index (χ1n) is 5.41. The van der Waals surface area contributed by atoms with Crippen LogP contribution < -0.4 is 10.5 Å². The Bertz CT molecular complexity index is 327. The van der Waals surface area contributed by atoms with Crippen molar-refractivity contribution in [3.63, 3.8) is 0 Å². The molecule has 16 heavy (non-hydrogen) atoms. The molecular weight excluding hydrogens is 273 g/mol. The van der Waals surface area contributed by atoms with Crippen LogP contribution in [-0.2, 0) is 11.3 Å². The summed E-state index contributed by atoms with van der Waals surface area (Å²) >= 11 is 0.267. The average Bonchev–Trinajstić information content (AvgIpc) is 2.64. The molecule has 0 aromatic carbocycles. The monoisotopic (exact) mass is 291 g/mol. The van der Waals surface area contributed by atoms with E-state index in [-0.39, 0.29) is 21.5 Å². The van der Waals surface area contributed by atoms with Gasteiger partial charge < -0.3 is 0 Å². The topological polar surface area (TPSA) is 86.7 Å². The van der Waals surface area contributed by atoms with E-state index in [1.807, 2.05) is 0 Å². The molecule has 0 spiro atoms. The maximum absolute atomic E-state index is 10.6. The number of unbranched alkanes of at least 4 members (excludes halogenated alkanes) is 3. The van der Waals surface area contributed by atoms with Gasteiger partial charge in [0.05, 0.1) is 0 Å². The van der Waals surface area contributed by atoms with Crippen LogP contribution in [0.15, 0.2) is 0 Å². The van der Waals surface area contributed by atoms with Crippen LogP contribution in [0.1, 0.15) is 32.6 Å². The number of hydrogen-bond donors (Lipinski definition) is 1. The molecule has 0 aliphatic rings. The van der Waals surface area contributed by atoms with Gasteiger partial charge in [0, 0.05) is 0 Å². The van der Waals surface area contributed by atoms with E-state index in [4.69, 9.17) is 5.73 Å². The number of carbonyl (C=O) groups is 1. The fourth-order valence-corrected chi connectivity index (χ4v) is 2.82. The Morgan fingerprint density at radius 2 is 2.25 bits per heavy atom. The number of primary amides is 1. The Kier molecular flexibility index (Phi) is 6.03. The number of aromatic nitrogens is 4. The van der Waals surface area contributed by atoms with Crippen molar-refractivity contribution in [1.29, 1.82) is 0 Å². The second kappa shape index (κ2) is 7.35. The molecule has 1 rings (SSSR count). The standard InChI is InChI=1S/C9H17N5OSe/c1-2-3-4-5-6-16-9-11-13-14(12-9)7-8(10)15/h2-7H2,1H3,(H2,10,15). The minimum absolute atomic E-state index is 0.0128. The number of nitrogens with two attached hydrogens (primary N) is 1. The molecule has 0 saturated carbocycles. The molecule has 1 heterocycles. The third-order valence-electron chi connectivity index (χ3n) is 1.96. The molecule has 1 aromatic rings. The van der Waals surface area contributed by atoms with Gasteiger partial charge in [0.1, 0.15) is 0 Å². The van der Waals surface area contributed by atoms with E-state index >= 15 is 0 Å². The first-order valence-corrected chi connectivity index (χ1v) is 7.48. The number of hydrogen-bond acceptors (Lipinski definition) is 4. The molecule has 0 saturated heterocycles. The molecule has 0 radical (unpaired) electrons. The fraction of sp³-hybridized carbons (Fsp3) is 0.778. The van der Waals surface area contributed by atoms with Crippen LogP contribution >= 0.6 is 0 Å². The first kappa shape index (κ1) is 13.1. The Morgan fingerprint density at radius 3 is 2.94 bits per heavy atom. The Balaban J connectivity index is 2.21. The van der Waals surface area contributed by atoms with Crippen molar-refractivity contribution in [2.24, 2.45) is 5.73 Å². The summed E-state index contributed by atoms with van der Waals surface area (Å²) in [5, 5.41) is 12.9. The summed E-state index contributed by atoms with van der Waals surface area (Å²) in [5.41, 5.74) is 5.03. The normalized spacial score (nSPS) is 10.6. The van der Waals surface area contributed by atoms with Gasteiger partial charge in [0.15, 0.2) is 0 Å². The van der Waals surface area contributed by atoms with Gasteiger partial charge in [-0.15, -0.1) is 0 Å². The maximum atomic E-state index is 10.6. The number of amides is 1. The summed E-state index contributed by atoms with van der Waals surface area (Å²) in [7, 11) is 0. The molecular formula is C9H17N5OSe. The Hall–Kier alpha value is -0.941. The molecule has 7 heteroatoms. The molecule has 90 valence electrons. The van der Waals surface area contributed by atoms with Crippen LogP contribution in [0.25, 0.3) is 0 Å². The number of nitrogens with zero attached hydrogens (tertiary/aromatic N) is 4. The van der Waals surface area contributed by atoms with Crippen LogP contribution in [0.5, 0.6) is 0 Å². The predicted molar refractivity (Wildman–Crippen MR) is 61.3 cm³/mol. The summed E-state index contributed by atoms with van der Waals surface area (Å²) in [6.07, 6.45) is 5.03. The van der Waals surface area contributed by atoms with E-state index in [0.717, 1.165) is 10.0 Å². The van der Waals surface area contributed by atoms with Gasteiger partial charge in [-0.1, -0.05) is 0 Å². The van der Waals surface area contributed by atoms with Crippen LogP contribution in [0.2, 0.25) is 5.32 Å². The molecule has 0 bridgehead atoms. The van der Waals surface area contributed by atoms with Gasteiger partial charge in [0.25, 0.3) is 0 Å². The third kappa shape index (κ3) is 5.23. The SMILES string of the molecule is CCCCCC[Se]c1nnn(CC(N)=O)n1. The van der Waals surface area contributed by atoms with Crippen molar-refractivity contribution in [2.75, 3.05) is 0 Å². The van der Waals surface area contributed by atoms with Crippen LogP contribution in [0.4, 0.5) is 0 Å². The zero-order valence-electron chi connectivity index (χ0n) is 9.43. The zero-order chi connectivity index (χ0) is 11.8. The van der Waals surface area contributed by atoms with E-state index < -0.39 is 5.91 Å². The van der Waals surface area contributed by atoms with E-state index in [9.17, 15) is 4.79 Å². The van der Waals surface area contributed by atoms with E-state index in [1.54, 1.807) is 0 Å². The van der Waals surface area contributed by atoms with E-state index in [0.29, 0.717) is 0 Å². The van der Waals surface area contributed by atoms with Gasteiger partial charge in [-0.2, -0.15) is 0 Å². The number of rotatable bonds is 8. The van der Waals surface area contributed by atoms with Crippen LogP contribution in [-0.4, -0.2) is 41.1 Å². The third-order valence-corrected chi connectivity index (χ3v) is 3.88. The van der Waals surface area contributed by atoms with Crippen molar-refractivity contribution < 1.29 is 4.79 Å². The summed E-state index contributed by atoms with van der Waals surface area (Å²) < 4.78 is 0.755. The Morgan fingerprint density at radius 1 is 1.44 bits per heavy atom. The second-order valence-corrected chi connectivity index (χ2v) is 5.71.